The summed E-state index contributed by atoms with van der Waals surface area (Å²) in [4.78, 5) is 24.3. The highest BCUT2D eigenvalue weighted by molar-refractivity contribution is 7.92. The Morgan fingerprint density at radius 2 is 1.65 bits per heavy atom. The standard InChI is InChI=1S/C38H45N7O5S/c1-23(2)50-32-21-29(28-16-18-45(19-17-28)38(46)49-22-27-12-8-7-9-13-27)25(5)20-31(32)40-37-41-35(34-26(6)43-44-36(34)42-37)39-30-14-10-11-15-33(30)51(47,48)24(3)4/h7-15,20-21,23-24,28H,16-19,22H2,1-6H3,(H3,39,40,41,42,43,44). The third kappa shape index (κ3) is 7.93. The monoisotopic (exact) mass is 711 g/mol. The number of H-pyrrole nitrogens is 1. The molecular weight excluding hydrogens is 667 g/mol. The highest BCUT2D eigenvalue weighted by Crippen LogP contribution is 2.39. The molecule has 0 atom stereocenters. The summed E-state index contributed by atoms with van der Waals surface area (Å²) in [6.45, 7) is 12.7. The fraction of sp³-hybridized carbons (Fsp3) is 0.368. The van der Waals surface area contributed by atoms with Crippen LogP contribution in [0, 0.1) is 13.8 Å². The molecule has 51 heavy (non-hydrogen) atoms. The maximum absolute atomic E-state index is 13.2. The number of fused-ring (bicyclic) bond motifs is 1. The molecule has 0 radical (unpaired) electrons. The lowest BCUT2D eigenvalue weighted by Gasteiger charge is -2.32. The molecule has 1 fully saturated rings. The predicted molar refractivity (Wildman–Crippen MR) is 199 cm³/mol. The number of para-hydroxylation sites is 1. The number of aromatic amines is 1. The Balaban J connectivity index is 1.24. The van der Waals surface area contributed by atoms with Crippen LogP contribution in [0.3, 0.4) is 0 Å². The van der Waals surface area contributed by atoms with E-state index < -0.39 is 15.1 Å². The Morgan fingerprint density at radius 3 is 2.35 bits per heavy atom. The van der Waals surface area contributed by atoms with E-state index in [1.165, 1.54) is 0 Å². The maximum atomic E-state index is 13.2. The van der Waals surface area contributed by atoms with Gasteiger partial charge in [0.05, 0.1) is 33.0 Å². The van der Waals surface area contributed by atoms with Crippen LogP contribution in [0.4, 0.5) is 27.9 Å². The highest BCUT2D eigenvalue weighted by Gasteiger charge is 2.28. The minimum absolute atomic E-state index is 0.101. The van der Waals surface area contributed by atoms with Crippen molar-refractivity contribution in [1.29, 1.82) is 0 Å². The Morgan fingerprint density at radius 1 is 0.941 bits per heavy atom. The number of rotatable bonds is 11. The number of carbonyl (C=O) groups excluding carboxylic acids is 1. The summed E-state index contributed by atoms with van der Waals surface area (Å²) in [5.74, 6) is 1.57. The number of amides is 1. The molecule has 1 aliphatic heterocycles. The molecule has 13 heteroatoms. The van der Waals surface area contributed by atoms with Crippen LogP contribution in [-0.2, 0) is 21.2 Å². The fourth-order valence-electron chi connectivity index (χ4n) is 6.31. The van der Waals surface area contributed by atoms with Gasteiger partial charge in [-0.15, -0.1) is 0 Å². The van der Waals surface area contributed by atoms with E-state index in [1.54, 1.807) is 43.0 Å². The van der Waals surface area contributed by atoms with Crippen molar-refractivity contribution in [3.8, 4) is 5.75 Å². The van der Waals surface area contributed by atoms with Gasteiger partial charge in [-0.2, -0.15) is 15.1 Å². The van der Waals surface area contributed by atoms with Crippen LogP contribution in [0.15, 0.2) is 71.6 Å². The first-order chi connectivity index (χ1) is 24.4. The topological polar surface area (TPSA) is 151 Å². The SMILES string of the molecule is Cc1cc(Nc2nc(Nc3ccccc3S(=O)(=O)C(C)C)c3c(C)[nH]nc3n2)c(OC(C)C)cc1C1CCN(C(=O)OCc2ccccc2)CC1. The average molecular weight is 712 g/mol. The van der Waals surface area contributed by atoms with E-state index in [9.17, 15) is 13.2 Å². The molecule has 268 valence electrons. The normalized spacial score (nSPS) is 13.9. The number of nitrogens with one attached hydrogen (secondary N) is 3. The number of aryl methyl sites for hydroxylation is 2. The summed E-state index contributed by atoms with van der Waals surface area (Å²) >= 11 is 0. The van der Waals surface area contributed by atoms with Crippen molar-refractivity contribution in [3.63, 3.8) is 0 Å². The number of benzene rings is 3. The first kappa shape index (κ1) is 35.6. The van der Waals surface area contributed by atoms with Crippen molar-refractivity contribution < 1.29 is 22.7 Å². The second-order valence-electron chi connectivity index (χ2n) is 13.5. The van der Waals surface area contributed by atoms with Gasteiger partial charge in [0.1, 0.15) is 18.2 Å². The van der Waals surface area contributed by atoms with E-state index >= 15 is 0 Å². The molecule has 0 aliphatic carbocycles. The number of anilines is 4. The summed E-state index contributed by atoms with van der Waals surface area (Å²) in [5.41, 5.74) is 5.46. The van der Waals surface area contributed by atoms with Gasteiger partial charge in [-0.25, -0.2) is 13.2 Å². The molecule has 1 saturated heterocycles. The van der Waals surface area contributed by atoms with E-state index in [0.717, 1.165) is 35.2 Å². The molecule has 0 unspecified atom stereocenters. The first-order valence-corrected chi connectivity index (χ1v) is 18.8. The van der Waals surface area contributed by atoms with Gasteiger partial charge in [-0.3, -0.25) is 5.10 Å². The Bertz CT molecular complexity index is 2130. The summed E-state index contributed by atoms with van der Waals surface area (Å²) in [7, 11) is -3.58. The van der Waals surface area contributed by atoms with Gasteiger partial charge in [0.25, 0.3) is 0 Å². The average Bonchev–Trinajstić information content (AvgIpc) is 3.49. The number of likely N-dealkylation sites (tertiary alicyclic amines) is 1. The zero-order chi connectivity index (χ0) is 36.3. The molecule has 5 aromatic rings. The minimum atomic E-state index is -3.58. The highest BCUT2D eigenvalue weighted by atomic mass is 32.2. The smallest absolute Gasteiger partial charge is 0.410 e. The molecule has 0 spiro atoms. The van der Waals surface area contributed by atoms with E-state index in [-0.39, 0.29) is 35.6 Å². The van der Waals surface area contributed by atoms with Crippen molar-refractivity contribution in [2.24, 2.45) is 0 Å². The van der Waals surface area contributed by atoms with Crippen LogP contribution < -0.4 is 15.4 Å². The molecule has 1 aliphatic rings. The summed E-state index contributed by atoms with van der Waals surface area (Å²) < 4.78 is 38.3. The minimum Gasteiger partial charge on any atom is -0.489 e. The lowest BCUT2D eigenvalue weighted by Crippen LogP contribution is -2.38. The third-order valence-corrected chi connectivity index (χ3v) is 11.2. The van der Waals surface area contributed by atoms with Gasteiger partial charge in [0.15, 0.2) is 15.5 Å². The number of hydrogen-bond donors (Lipinski definition) is 3. The maximum Gasteiger partial charge on any atom is 0.410 e. The lowest BCUT2D eigenvalue weighted by atomic mass is 9.86. The van der Waals surface area contributed by atoms with Gasteiger partial charge < -0.3 is 25.0 Å². The summed E-state index contributed by atoms with van der Waals surface area (Å²) in [6.07, 6.45) is 1.21. The molecule has 1 amide bonds. The Kier molecular flexibility index (Phi) is 10.5. The van der Waals surface area contributed by atoms with Crippen molar-refractivity contribution in [3.05, 3.63) is 89.1 Å². The fourth-order valence-corrected chi connectivity index (χ4v) is 7.51. The number of piperidine rings is 1. The van der Waals surface area contributed by atoms with E-state index in [2.05, 4.69) is 38.8 Å². The predicted octanol–water partition coefficient (Wildman–Crippen LogP) is 7.94. The van der Waals surface area contributed by atoms with Crippen LogP contribution in [-0.4, -0.2) is 64.0 Å². The quantitative estimate of drug-likeness (QED) is 0.123. The van der Waals surface area contributed by atoms with Crippen LogP contribution >= 0.6 is 0 Å². The zero-order valence-electron chi connectivity index (χ0n) is 29.9. The number of carbonyl (C=O) groups is 1. The zero-order valence-corrected chi connectivity index (χ0v) is 30.7. The van der Waals surface area contributed by atoms with Crippen LogP contribution in [0.2, 0.25) is 0 Å². The molecular formula is C38H45N7O5S. The molecule has 3 heterocycles. The molecule has 2 aromatic heterocycles. The van der Waals surface area contributed by atoms with Crippen LogP contribution in [0.25, 0.3) is 11.0 Å². The van der Waals surface area contributed by atoms with Gasteiger partial charge in [0.2, 0.25) is 5.95 Å². The van der Waals surface area contributed by atoms with Gasteiger partial charge >= 0.3 is 6.09 Å². The van der Waals surface area contributed by atoms with Crippen molar-refractivity contribution in [2.45, 2.75) is 83.2 Å². The lowest BCUT2D eigenvalue weighted by molar-refractivity contribution is 0.0870. The van der Waals surface area contributed by atoms with Crippen molar-refractivity contribution in [1.82, 2.24) is 25.1 Å². The largest absolute Gasteiger partial charge is 0.489 e. The van der Waals surface area contributed by atoms with E-state index in [0.29, 0.717) is 47.1 Å². The van der Waals surface area contributed by atoms with Gasteiger partial charge in [-0.1, -0.05) is 42.5 Å². The molecule has 0 saturated carbocycles. The van der Waals surface area contributed by atoms with Crippen LogP contribution in [0.5, 0.6) is 5.75 Å². The molecule has 0 bridgehead atoms. The van der Waals surface area contributed by atoms with Crippen molar-refractivity contribution >= 4 is 50.1 Å². The number of ether oxygens (including phenoxy) is 2. The summed E-state index contributed by atoms with van der Waals surface area (Å²) in [5, 5.41) is 14.0. The molecule has 3 aromatic carbocycles. The van der Waals surface area contributed by atoms with Gasteiger partial charge in [0, 0.05) is 18.8 Å². The Labute approximate surface area is 298 Å². The molecule has 12 nitrogen and oxygen atoms in total. The second-order valence-corrected chi connectivity index (χ2v) is 15.9. The number of sulfone groups is 1. The third-order valence-electron chi connectivity index (χ3n) is 9.04. The van der Waals surface area contributed by atoms with Crippen molar-refractivity contribution in [2.75, 3.05) is 23.7 Å². The second kappa shape index (κ2) is 15.0. The van der Waals surface area contributed by atoms with Gasteiger partial charge in [-0.05, 0) is 101 Å². The Hall–Kier alpha value is -5.17. The van der Waals surface area contributed by atoms with E-state index in [1.807, 2.05) is 57.2 Å². The number of hydrogen-bond acceptors (Lipinski definition) is 10. The number of aromatic nitrogens is 4. The van der Waals surface area contributed by atoms with Crippen LogP contribution in [0.1, 0.15) is 68.8 Å². The first-order valence-electron chi connectivity index (χ1n) is 17.3. The summed E-state index contributed by atoms with van der Waals surface area (Å²) in [6, 6.07) is 20.6. The molecule has 3 N–H and O–H groups in total. The molecule has 6 rings (SSSR count). The van der Waals surface area contributed by atoms with E-state index in [4.69, 9.17) is 14.5 Å². The number of nitrogens with zero attached hydrogens (tertiary/aromatic N) is 4.